The average Bonchev–Trinajstić information content (AvgIpc) is 3.47. The summed E-state index contributed by atoms with van der Waals surface area (Å²) in [6.07, 6.45) is 0. The topological polar surface area (TPSA) is 38.7 Å². The zero-order chi connectivity index (χ0) is 26.0. The van der Waals surface area contributed by atoms with E-state index in [9.17, 15) is 0 Å². The molecule has 0 fully saturated rings. The van der Waals surface area contributed by atoms with Crippen molar-refractivity contribution in [1.82, 2.24) is 15.0 Å². The third-order valence-corrected chi connectivity index (χ3v) is 7.91. The summed E-state index contributed by atoms with van der Waals surface area (Å²) < 4.78 is 1.20. The van der Waals surface area contributed by atoms with Crippen LogP contribution in [0.15, 0.2) is 140 Å². The van der Waals surface area contributed by atoms with Gasteiger partial charge in [0.2, 0.25) is 0 Å². The number of fused-ring (bicyclic) bond motifs is 1. The first-order chi connectivity index (χ1) is 19.3. The minimum atomic E-state index is 0.721. The van der Waals surface area contributed by atoms with Crippen LogP contribution in [0.2, 0.25) is 0 Å². The van der Waals surface area contributed by atoms with Crippen LogP contribution in [-0.2, 0) is 0 Å². The smallest absolute Gasteiger partial charge is 0.160 e. The molecule has 7 aromatic rings. The molecule has 0 bridgehead atoms. The maximum absolute atomic E-state index is 4.97. The zero-order valence-corrected chi connectivity index (χ0v) is 21.8. The number of hydrogen-bond acceptors (Lipinski definition) is 4. The van der Waals surface area contributed by atoms with Gasteiger partial charge in [-0.2, -0.15) is 0 Å². The first-order valence-electron chi connectivity index (χ1n) is 12.9. The maximum Gasteiger partial charge on any atom is 0.160 e. The molecule has 4 heteroatoms. The lowest BCUT2D eigenvalue weighted by Gasteiger charge is -2.10. The predicted octanol–water partition coefficient (Wildman–Crippen LogP) is 9.42. The van der Waals surface area contributed by atoms with E-state index in [4.69, 9.17) is 15.0 Å². The second-order valence-electron chi connectivity index (χ2n) is 9.31. The summed E-state index contributed by atoms with van der Waals surface area (Å²) in [5.41, 5.74) is 9.45. The first-order valence-corrected chi connectivity index (χ1v) is 13.7. The van der Waals surface area contributed by atoms with Crippen molar-refractivity contribution in [2.75, 3.05) is 0 Å². The highest BCUT2D eigenvalue weighted by Crippen LogP contribution is 2.37. The van der Waals surface area contributed by atoms with Gasteiger partial charge in [0.15, 0.2) is 5.82 Å². The number of rotatable bonds is 5. The molecule has 5 aromatic carbocycles. The third kappa shape index (κ3) is 4.63. The van der Waals surface area contributed by atoms with Crippen molar-refractivity contribution in [3.63, 3.8) is 0 Å². The van der Waals surface area contributed by atoms with Crippen LogP contribution in [0.25, 0.3) is 65.8 Å². The summed E-state index contributed by atoms with van der Waals surface area (Å²) in [5.74, 6) is 0.721. The average molecular weight is 518 g/mol. The first kappa shape index (κ1) is 23.2. The molecular weight excluding hydrogens is 494 g/mol. The molecule has 184 valence electrons. The number of thiazole rings is 1. The van der Waals surface area contributed by atoms with Crippen LogP contribution in [-0.4, -0.2) is 15.0 Å². The van der Waals surface area contributed by atoms with E-state index in [0.717, 1.165) is 55.6 Å². The van der Waals surface area contributed by atoms with Gasteiger partial charge < -0.3 is 0 Å². The van der Waals surface area contributed by atoms with E-state index in [2.05, 4.69) is 97.1 Å². The summed E-state index contributed by atoms with van der Waals surface area (Å²) in [6.45, 7) is 0. The molecule has 0 unspecified atom stereocenters. The van der Waals surface area contributed by atoms with Crippen LogP contribution in [0.5, 0.6) is 0 Å². The molecule has 0 aliphatic carbocycles. The van der Waals surface area contributed by atoms with Gasteiger partial charge in [-0.3, -0.25) is 0 Å². The molecule has 0 spiro atoms. The minimum Gasteiger partial charge on any atom is -0.236 e. The standard InChI is InChI=1S/C35H23N3S/c1-4-11-25(12-5-1)31-23-32(37-34(36-31)27-13-6-2-7-14-27)26-21-19-24(20-22-26)29-17-10-18-30-33(29)39-35(38-30)28-15-8-3-9-16-28/h1-23H. The normalized spacial score (nSPS) is 11.1. The molecule has 0 atom stereocenters. The second kappa shape index (κ2) is 10.1. The molecule has 0 aliphatic heterocycles. The molecule has 3 nitrogen and oxygen atoms in total. The zero-order valence-electron chi connectivity index (χ0n) is 21.0. The van der Waals surface area contributed by atoms with E-state index in [1.54, 1.807) is 11.3 Å². The highest BCUT2D eigenvalue weighted by atomic mass is 32.1. The lowest BCUT2D eigenvalue weighted by Crippen LogP contribution is -1.95. The summed E-state index contributed by atoms with van der Waals surface area (Å²) in [7, 11) is 0. The van der Waals surface area contributed by atoms with Crippen molar-refractivity contribution in [2.24, 2.45) is 0 Å². The fourth-order valence-corrected chi connectivity index (χ4v) is 5.87. The monoisotopic (exact) mass is 517 g/mol. The molecular formula is C35H23N3S. The van der Waals surface area contributed by atoms with Crippen molar-refractivity contribution in [3.05, 3.63) is 140 Å². The Kier molecular flexibility index (Phi) is 6.00. The Morgan fingerprint density at radius 3 is 1.59 bits per heavy atom. The molecule has 39 heavy (non-hydrogen) atoms. The Morgan fingerprint density at radius 1 is 0.410 bits per heavy atom. The summed E-state index contributed by atoms with van der Waals surface area (Å²) in [6, 6.07) is 47.9. The fraction of sp³-hybridized carbons (Fsp3) is 0. The summed E-state index contributed by atoms with van der Waals surface area (Å²) >= 11 is 1.74. The molecule has 0 amide bonds. The van der Waals surface area contributed by atoms with Gasteiger partial charge in [-0.05, 0) is 17.7 Å². The van der Waals surface area contributed by atoms with Gasteiger partial charge in [0.25, 0.3) is 0 Å². The van der Waals surface area contributed by atoms with Gasteiger partial charge >= 0.3 is 0 Å². The third-order valence-electron chi connectivity index (χ3n) is 6.76. The van der Waals surface area contributed by atoms with Crippen molar-refractivity contribution >= 4 is 21.6 Å². The van der Waals surface area contributed by atoms with Gasteiger partial charge in [-0.1, -0.05) is 127 Å². The van der Waals surface area contributed by atoms with Gasteiger partial charge in [0.1, 0.15) is 5.01 Å². The Bertz CT molecular complexity index is 1820. The maximum atomic E-state index is 4.97. The van der Waals surface area contributed by atoms with Crippen molar-refractivity contribution in [2.45, 2.75) is 0 Å². The van der Waals surface area contributed by atoms with E-state index in [1.165, 1.54) is 10.3 Å². The number of benzene rings is 5. The van der Waals surface area contributed by atoms with Crippen LogP contribution in [0.4, 0.5) is 0 Å². The Hall–Kier alpha value is -4.93. The van der Waals surface area contributed by atoms with Crippen LogP contribution in [0, 0.1) is 0 Å². The SMILES string of the molecule is c1ccc(-c2cc(-c3ccc(-c4cccc5nc(-c6ccccc6)sc45)cc3)nc(-c3ccccc3)n2)cc1. The van der Waals surface area contributed by atoms with Crippen molar-refractivity contribution in [1.29, 1.82) is 0 Å². The lowest BCUT2D eigenvalue weighted by molar-refractivity contribution is 1.18. The van der Waals surface area contributed by atoms with E-state index in [0.29, 0.717) is 0 Å². The highest BCUT2D eigenvalue weighted by Gasteiger charge is 2.13. The van der Waals surface area contributed by atoms with Gasteiger partial charge in [-0.25, -0.2) is 15.0 Å². The van der Waals surface area contributed by atoms with Gasteiger partial charge in [-0.15, -0.1) is 11.3 Å². The largest absolute Gasteiger partial charge is 0.236 e. The molecule has 0 saturated carbocycles. The Morgan fingerprint density at radius 2 is 0.949 bits per heavy atom. The molecule has 7 rings (SSSR count). The lowest BCUT2D eigenvalue weighted by atomic mass is 10.0. The van der Waals surface area contributed by atoms with Crippen LogP contribution < -0.4 is 0 Å². The van der Waals surface area contributed by atoms with Crippen LogP contribution in [0.3, 0.4) is 0 Å². The highest BCUT2D eigenvalue weighted by molar-refractivity contribution is 7.22. The predicted molar refractivity (Wildman–Crippen MR) is 162 cm³/mol. The van der Waals surface area contributed by atoms with E-state index in [1.807, 2.05) is 42.5 Å². The van der Waals surface area contributed by atoms with Crippen LogP contribution >= 0.6 is 11.3 Å². The van der Waals surface area contributed by atoms with Crippen molar-refractivity contribution < 1.29 is 0 Å². The Labute approximate surface area is 231 Å². The molecule has 0 aliphatic rings. The number of aromatic nitrogens is 3. The van der Waals surface area contributed by atoms with E-state index in [-0.39, 0.29) is 0 Å². The van der Waals surface area contributed by atoms with Crippen LogP contribution in [0.1, 0.15) is 0 Å². The summed E-state index contributed by atoms with van der Waals surface area (Å²) in [4.78, 5) is 14.8. The second-order valence-corrected chi connectivity index (χ2v) is 10.3. The summed E-state index contributed by atoms with van der Waals surface area (Å²) in [5, 5.41) is 1.04. The Balaban J connectivity index is 1.29. The minimum absolute atomic E-state index is 0.721. The van der Waals surface area contributed by atoms with Gasteiger partial charge in [0.05, 0.1) is 21.6 Å². The van der Waals surface area contributed by atoms with Crippen molar-refractivity contribution in [3.8, 4) is 55.6 Å². The molecule has 0 saturated heterocycles. The van der Waals surface area contributed by atoms with E-state index < -0.39 is 0 Å². The quantitative estimate of drug-likeness (QED) is 0.228. The molecule has 2 heterocycles. The molecule has 0 radical (unpaired) electrons. The number of nitrogens with zero attached hydrogens (tertiary/aromatic N) is 3. The number of hydrogen-bond donors (Lipinski definition) is 0. The molecule has 2 aromatic heterocycles. The molecule has 0 N–H and O–H groups in total. The fourth-order valence-electron chi connectivity index (χ4n) is 4.77. The van der Waals surface area contributed by atoms with E-state index >= 15 is 0 Å². The van der Waals surface area contributed by atoms with Gasteiger partial charge in [0, 0.05) is 27.8 Å².